The second kappa shape index (κ2) is 10.8. The smallest absolute Gasteiger partial charge is 0.160 e. The molecule has 0 N–H and O–H groups in total. The van der Waals surface area contributed by atoms with Crippen LogP contribution in [0.3, 0.4) is 0 Å². The van der Waals surface area contributed by atoms with Crippen molar-refractivity contribution >= 4 is 0 Å². The predicted molar refractivity (Wildman–Crippen MR) is 182 cm³/mol. The molecule has 0 aliphatic heterocycles. The van der Waals surface area contributed by atoms with Gasteiger partial charge in [0, 0.05) is 39.4 Å². The summed E-state index contributed by atoms with van der Waals surface area (Å²) >= 11 is 0. The third-order valence-electron chi connectivity index (χ3n) is 8.73. The molecule has 7 aromatic rings. The van der Waals surface area contributed by atoms with Gasteiger partial charge in [-0.05, 0) is 34.4 Å². The molecule has 0 saturated heterocycles. The predicted octanol–water partition coefficient (Wildman–Crippen LogP) is 9.91. The summed E-state index contributed by atoms with van der Waals surface area (Å²) in [4.78, 5) is 19.9. The number of fused-ring (bicyclic) bond motifs is 3. The highest BCUT2D eigenvalue weighted by Crippen LogP contribution is 2.47. The van der Waals surface area contributed by atoms with E-state index in [0.717, 1.165) is 61.9 Å². The van der Waals surface area contributed by atoms with Gasteiger partial charge in [-0.2, -0.15) is 0 Å². The Hall–Kier alpha value is -5.74. The van der Waals surface area contributed by atoms with Crippen LogP contribution in [0.1, 0.15) is 25.1 Å². The summed E-state index contributed by atoms with van der Waals surface area (Å²) in [7, 11) is 0. The van der Waals surface area contributed by atoms with E-state index in [1.54, 1.807) is 0 Å². The molecular formula is C41H30N4. The Bertz CT molecular complexity index is 2110. The van der Waals surface area contributed by atoms with Gasteiger partial charge >= 0.3 is 0 Å². The summed E-state index contributed by atoms with van der Waals surface area (Å²) in [6, 6.07) is 48.1. The highest BCUT2D eigenvalue weighted by atomic mass is 14.9. The van der Waals surface area contributed by atoms with Gasteiger partial charge in [-0.25, -0.2) is 19.9 Å². The number of hydrogen-bond donors (Lipinski definition) is 0. The zero-order valence-electron chi connectivity index (χ0n) is 25.1. The molecule has 0 radical (unpaired) electrons. The molecule has 4 heteroatoms. The minimum Gasteiger partial charge on any atom is -0.236 e. The lowest BCUT2D eigenvalue weighted by Crippen LogP contribution is -2.17. The minimum atomic E-state index is -0.162. The van der Waals surface area contributed by atoms with Crippen molar-refractivity contribution in [3.63, 3.8) is 0 Å². The third-order valence-corrected chi connectivity index (χ3v) is 8.73. The monoisotopic (exact) mass is 578 g/mol. The van der Waals surface area contributed by atoms with Crippen molar-refractivity contribution in [3.8, 4) is 67.5 Å². The second-order valence-electron chi connectivity index (χ2n) is 12.0. The van der Waals surface area contributed by atoms with Crippen molar-refractivity contribution in [2.75, 3.05) is 0 Å². The first kappa shape index (κ1) is 26.9. The van der Waals surface area contributed by atoms with E-state index in [0.29, 0.717) is 5.82 Å². The molecular weight excluding hydrogens is 548 g/mol. The minimum absolute atomic E-state index is 0.162. The van der Waals surface area contributed by atoms with Crippen LogP contribution in [0.15, 0.2) is 146 Å². The van der Waals surface area contributed by atoms with Gasteiger partial charge in [-0.1, -0.05) is 141 Å². The van der Waals surface area contributed by atoms with Crippen LogP contribution in [0.25, 0.3) is 67.5 Å². The highest BCUT2D eigenvalue weighted by Gasteiger charge is 2.37. The normalized spacial score (nSPS) is 12.8. The van der Waals surface area contributed by atoms with Gasteiger partial charge < -0.3 is 0 Å². The van der Waals surface area contributed by atoms with Gasteiger partial charge in [0.05, 0.1) is 17.1 Å². The standard InChI is InChI=1S/C41H30N4/c1-41(2)35-19-10-9-18-33(35)34-26-42-39(45-38(34)41)30-22-20-27(21-23-30)31-16-11-17-32(24-31)40-43-36(28-12-5-3-6-13-28)25-37(44-40)29-14-7-4-8-15-29/h3-26H,1-2H3. The van der Waals surface area contributed by atoms with Gasteiger partial charge in [-0.15, -0.1) is 0 Å². The van der Waals surface area contributed by atoms with Crippen molar-refractivity contribution < 1.29 is 0 Å². The Morgan fingerprint density at radius 2 is 1.00 bits per heavy atom. The lowest BCUT2D eigenvalue weighted by Gasteiger charge is -2.20. The Kier molecular flexibility index (Phi) is 6.42. The maximum atomic E-state index is 5.09. The molecule has 0 spiro atoms. The average molecular weight is 579 g/mol. The topological polar surface area (TPSA) is 51.6 Å². The molecule has 0 fully saturated rings. The van der Waals surface area contributed by atoms with Crippen molar-refractivity contribution in [2.45, 2.75) is 19.3 Å². The Labute approximate surface area is 263 Å². The van der Waals surface area contributed by atoms with Crippen LogP contribution in [0, 0.1) is 0 Å². The zero-order valence-corrected chi connectivity index (χ0v) is 25.1. The maximum absolute atomic E-state index is 5.09. The van der Waals surface area contributed by atoms with Crippen LogP contribution in [-0.4, -0.2) is 19.9 Å². The van der Waals surface area contributed by atoms with Gasteiger partial charge in [0.15, 0.2) is 11.6 Å². The number of rotatable bonds is 5. The molecule has 2 heterocycles. The summed E-state index contributed by atoms with van der Waals surface area (Å²) in [6.45, 7) is 4.49. The Morgan fingerprint density at radius 1 is 0.422 bits per heavy atom. The lowest BCUT2D eigenvalue weighted by molar-refractivity contribution is 0.636. The van der Waals surface area contributed by atoms with E-state index in [-0.39, 0.29) is 5.41 Å². The summed E-state index contributed by atoms with van der Waals surface area (Å²) < 4.78 is 0. The van der Waals surface area contributed by atoms with Crippen molar-refractivity contribution in [3.05, 3.63) is 157 Å². The molecule has 5 aromatic carbocycles. The number of benzene rings is 5. The summed E-state index contributed by atoms with van der Waals surface area (Å²) in [5, 5.41) is 0. The molecule has 0 bridgehead atoms. The highest BCUT2D eigenvalue weighted by molar-refractivity contribution is 5.80. The molecule has 0 atom stereocenters. The first-order valence-corrected chi connectivity index (χ1v) is 15.2. The summed E-state index contributed by atoms with van der Waals surface area (Å²) in [6.07, 6.45) is 1.98. The van der Waals surface area contributed by atoms with E-state index in [2.05, 4.69) is 117 Å². The van der Waals surface area contributed by atoms with Crippen LogP contribution >= 0.6 is 0 Å². The van der Waals surface area contributed by atoms with E-state index >= 15 is 0 Å². The van der Waals surface area contributed by atoms with E-state index in [1.807, 2.05) is 42.6 Å². The van der Waals surface area contributed by atoms with Gasteiger partial charge in [-0.3, -0.25) is 0 Å². The molecule has 45 heavy (non-hydrogen) atoms. The molecule has 0 unspecified atom stereocenters. The van der Waals surface area contributed by atoms with Gasteiger partial charge in [0.2, 0.25) is 0 Å². The van der Waals surface area contributed by atoms with E-state index in [1.165, 1.54) is 11.1 Å². The molecule has 8 rings (SSSR count). The van der Waals surface area contributed by atoms with Crippen molar-refractivity contribution in [1.82, 2.24) is 19.9 Å². The van der Waals surface area contributed by atoms with Crippen LogP contribution < -0.4 is 0 Å². The maximum Gasteiger partial charge on any atom is 0.160 e. The largest absolute Gasteiger partial charge is 0.236 e. The fraction of sp³-hybridized carbons (Fsp3) is 0.0732. The van der Waals surface area contributed by atoms with Crippen LogP contribution in [0.5, 0.6) is 0 Å². The SMILES string of the molecule is CC1(C)c2ccccc2-c2cnc(-c3ccc(-c4cccc(-c5nc(-c6ccccc6)cc(-c6ccccc6)n5)c4)cc3)nc21. The fourth-order valence-corrected chi connectivity index (χ4v) is 6.32. The van der Waals surface area contributed by atoms with Crippen LogP contribution in [0.2, 0.25) is 0 Å². The summed E-state index contributed by atoms with van der Waals surface area (Å²) in [5.74, 6) is 1.44. The lowest BCUT2D eigenvalue weighted by atomic mass is 9.85. The molecule has 2 aromatic heterocycles. The third kappa shape index (κ3) is 4.81. The van der Waals surface area contributed by atoms with Crippen molar-refractivity contribution in [2.24, 2.45) is 0 Å². The molecule has 0 amide bonds. The molecule has 1 aliphatic carbocycles. The molecule has 4 nitrogen and oxygen atoms in total. The second-order valence-corrected chi connectivity index (χ2v) is 12.0. The van der Waals surface area contributed by atoms with E-state index in [4.69, 9.17) is 19.9 Å². The molecule has 1 aliphatic rings. The van der Waals surface area contributed by atoms with Gasteiger partial charge in [0.1, 0.15) is 0 Å². The molecule has 0 saturated carbocycles. The zero-order chi connectivity index (χ0) is 30.4. The number of aromatic nitrogens is 4. The summed E-state index contributed by atoms with van der Waals surface area (Å²) in [5.41, 5.74) is 12.7. The van der Waals surface area contributed by atoms with Crippen LogP contribution in [-0.2, 0) is 5.41 Å². The quantitative estimate of drug-likeness (QED) is 0.204. The van der Waals surface area contributed by atoms with E-state index < -0.39 is 0 Å². The Morgan fingerprint density at radius 3 is 1.69 bits per heavy atom. The number of hydrogen-bond acceptors (Lipinski definition) is 4. The van der Waals surface area contributed by atoms with Crippen LogP contribution in [0.4, 0.5) is 0 Å². The fourth-order valence-electron chi connectivity index (χ4n) is 6.32. The first-order chi connectivity index (χ1) is 22.0. The van der Waals surface area contributed by atoms with Crippen molar-refractivity contribution in [1.29, 1.82) is 0 Å². The first-order valence-electron chi connectivity index (χ1n) is 15.2. The average Bonchev–Trinajstić information content (AvgIpc) is 3.34. The molecule has 214 valence electrons. The van der Waals surface area contributed by atoms with Gasteiger partial charge in [0.25, 0.3) is 0 Å². The number of nitrogens with zero attached hydrogens (tertiary/aromatic N) is 4. The van der Waals surface area contributed by atoms with E-state index in [9.17, 15) is 0 Å². The Balaban J connectivity index is 1.13.